The molecule has 0 aliphatic heterocycles. The number of carboxylic acid groups (broad SMARTS) is 1. The molecule has 0 aromatic carbocycles. The van der Waals surface area contributed by atoms with E-state index in [4.69, 9.17) is 5.11 Å². The van der Waals surface area contributed by atoms with Crippen molar-refractivity contribution in [2.75, 3.05) is 0 Å². The van der Waals surface area contributed by atoms with Gasteiger partial charge in [0, 0.05) is 5.57 Å². The van der Waals surface area contributed by atoms with Crippen LogP contribution >= 0.6 is 0 Å². The Morgan fingerprint density at radius 3 is 2.15 bits per heavy atom. The van der Waals surface area contributed by atoms with Crippen LogP contribution in [0.3, 0.4) is 0 Å². The lowest BCUT2D eigenvalue weighted by Gasteiger charge is -2.11. The summed E-state index contributed by atoms with van der Waals surface area (Å²) < 4.78 is 0. The number of hydrogen-bond donors (Lipinski definition) is 1. The maximum absolute atomic E-state index is 10.9. The molecule has 76 valence electrons. The number of rotatable bonds is 5. The zero-order valence-electron chi connectivity index (χ0n) is 9.00. The molecule has 2 atom stereocenters. The molecule has 0 aromatic rings. The van der Waals surface area contributed by atoms with Gasteiger partial charge in [0.15, 0.2) is 0 Å². The van der Waals surface area contributed by atoms with Crippen LogP contribution in [-0.2, 0) is 4.79 Å². The monoisotopic (exact) mass is 184 g/mol. The molecule has 0 bridgehead atoms. The van der Waals surface area contributed by atoms with E-state index in [1.54, 1.807) is 0 Å². The van der Waals surface area contributed by atoms with E-state index in [2.05, 4.69) is 6.92 Å². The summed E-state index contributed by atoms with van der Waals surface area (Å²) in [6.45, 7) is 8.09. The fourth-order valence-corrected chi connectivity index (χ4v) is 1.09. The average molecular weight is 184 g/mol. The third-order valence-electron chi connectivity index (χ3n) is 2.50. The molecule has 2 heteroatoms. The van der Waals surface area contributed by atoms with Gasteiger partial charge in [-0.05, 0) is 18.3 Å². The average Bonchev–Trinajstić information content (AvgIpc) is 2.11. The van der Waals surface area contributed by atoms with Gasteiger partial charge >= 0.3 is 5.97 Å². The summed E-state index contributed by atoms with van der Waals surface area (Å²) >= 11 is 0. The first kappa shape index (κ1) is 12.2. The third kappa shape index (κ3) is 4.11. The molecule has 13 heavy (non-hydrogen) atoms. The van der Waals surface area contributed by atoms with Crippen molar-refractivity contribution in [1.82, 2.24) is 0 Å². The van der Waals surface area contributed by atoms with E-state index in [1.807, 2.05) is 26.8 Å². The van der Waals surface area contributed by atoms with Gasteiger partial charge in [-0.2, -0.15) is 0 Å². The SMILES string of the molecule is CCC(C)C=C(C(=O)O)C(C)CC. The van der Waals surface area contributed by atoms with E-state index < -0.39 is 5.97 Å². The molecule has 0 aromatic heterocycles. The lowest BCUT2D eigenvalue weighted by atomic mass is 9.94. The van der Waals surface area contributed by atoms with Gasteiger partial charge in [-0.15, -0.1) is 0 Å². The third-order valence-corrected chi connectivity index (χ3v) is 2.50. The Morgan fingerprint density at radius 2 is 1.85 bits per heavy atom. The second-order valence-corrected chi connectivity index (χ2v) is 3.62. The predicted octanol–water partition coefficient (Wildman–Crippen LogP) is 3.09. The van der Waals surface area contributed by atoms with E-state index >= 15 is 0 Å². The Labute approximate surface area is 80.7 Å². The van der Waals surface area contributed by atoms with Crippen LogP contribution in [-0.4, -0.2) is 11.1 Å². The summed E-state index contributed by atoms with van der Waals surface area (Å²) in [5.74, 6) is -0.249. The fourth-order valence-electron chi connectivity index (χ4n) is 1.09. The van der Waals surface area contributed by atoms with Crippen LogP contribution in [0.4, 0.5) is 0 Å². The van der Waals surface area contributed by atoms with Crippen molar-refractivity contribution in [2.45, 2.75) is 40.5 Å². The molecule has 0 aliphatic carbocycles. The summed E-state index contributed by atoms with van der Waals surface area (Å²) in [6, 6.07) is 0. The Bertz CT molecular complexity index is 194. The van der Waals surface area contributed by atoms with Gasteiger partial charge in [0.25, 0.3) is 0 Å². The standard InChI is InChI=1S/C11H20O2/c1-5-8(3)7-10(11(12)13)9(4)6-2/h7-9H,5-6H2,1-4H3,(H,12,13). The van der Waals surface area contributed by atoms with Crippen molar-refractivity contribution in [3.8, 4) is 0 Å². The smallest absolute Gasteiger partial charge is 0.331 e. The lowest BCUT2D eigenvalue weighted by molar-refractivity contribution is -0.133. The molecular formula is C11H20O2. The molecule has 0 heterocycles. The van der Waals surface area contributed by atoms with Crippen LogP contribution in [0.15, 0.2) is 11.6 Å². The van der Waals surface area contributed by atoms with Gasteiger partial charge in [-0.25, -0.2) is 4.79 Å². The van der Waals surface area contributed by atoms with Gasteiger partial charge in [0.2, 0.25) is 0 Å². The Morgan fingerprint density at radius 1 is 1.31 bits per heavy atom. The van der Waals surface area contributed by atoms with E-state index in [9.17, 15) is 4.79 Å². The summed E-state index contributed by atoms with van der Waals surface area (Å²) in [7, 11) is 0. The molecule has 0 fully saturated rings. The van der Waals surface area contributed by atoms with Gasteiger partial charge in [0.1, 0.15) is 0 Å². The highest BCUT2D eigenvalue weighted by Gasteiger charge is 2.14. The van der Waals surface area contributed by atoms with Crippen LogP contribution in [0, 0.1) is 11.8 Å². The van der Waals surface area contributed by atoms with Crippen molar-refractivity contribution in [3.63, 3.8) is 0 Å². The maximum atomic E-state index is 10.9. The van der Waals surface area contributed by atoms with Crippen molar-refractivity contribution in [3.05, 3.63) is 11.6 Å². The van der Waals surface area contributed by atoms with Crippen LogP contribution in [0.25, 0.3) is 0 Å². The minimum absolute atomic E-state index is 0.159. The maximum Gasteiger partial charge on any atom is 0.331 e. The van der Waals surface area contributed by atoms with Crippen LogP contribution in [0.5, 0.6) is 0 Å². The van der Waals surface area contributed by atoms with Gasteiger partial charge in [0.05, 0.1) is 0 Å². The first-order chi connectivity index (χ1) is 6.02. The first-order valence-corrected chi connectivity index (χ1v) is 4.97. The molecular weight excluding hydrogens is 164 g/mol. The molecule has 1 N–H and O–H groups in total. The molecule has 0 saturated heterocycles. The molecule has 2 nitrogen and oxygen atoms in total. The largest absolute Gasteiger partial charge is 0.478 e. The number of aliphatic carboxylic acids is 1. The molecule has 2 unspecified atom stereocenters. The normalized spacial score (nSPS) is 16.8. The van der Waals surface area contributed by atoms with E-state index in [-0.39, 0.29) is 5.92 Å². The van der Waals surface area contributed by atoms with Crippen LogP contribution in [0.2, 0.25) is 0 Å². The van der Waals surface area contributed by atoms with Crippen molar-refractivity contribution in [1.29, 1.82) is 0 Å². The minimum Gasteiger partial charge on any atom is -0.478 e. The van der Waals surface area contributed by atoms with Crippen LogP contribution in [0.1, 0.15) is 40.5 Å². The Hall–Kier alpha value is -0.790. The minimum atomic E-state index is -0.769. The Balaban J connectivity index is 4.59. The second-order valence-electron chi connectivity index (χ2n) is 3.62. The van der Waals surface area contributed by atoms with Crippen molar-refractivity contribution < 1.29 is 9.90 Å². The number of allylic oxidation sites excluding steroid dienone is 1. The lowest BCUT2D eigenvalue weighted by Crippen LogP contribution is -2.10. The quantitative estimate of drug-likeness (QED) is 0.667. The van der Waals surface area contributed by atoms with E-state index in [0.29, 0.717) is 11.5 Å². The second kappa shape index (κ2) is 5.79. The molecule has 0 spiro atoms. The number of carboxylic acids is 1. The summed E-state index contributed by atoms with van der Waals surface area (Å²) in [5, 5.41) is 8.95. The van der Waals surface area contributed by atoms with Crippen molar-refractivity contribution >= 4 is 5.97 Å². The Kier molecular flexibility index (Phi) is 5.44. The van der Waals surface area contributed by atoms with E-state index in [0.717, 1.165) is 12.8 Å². The van der Waals surface area contributed by atoms with Crippen LogP contribution < -0.4 is 0 Å². The van der Waals surface area contributed by atoms with Gasteiger partial charge < -0.3 is 5.11 Å². The molecule has 0 rings (SSSR count). The first-order valence-electron chi connectivity index (χ1n) is 4.97. The van der Waals surface area contributed by atoms with E-state index in [1.165, 1.54) is 0 Å². The molecule has 0 amide bonds. The van der Waals surface area contributed by atoms with Gasteiger partial charge in [-0.3, -0.25) is 0 Å². The highest BCUT2D eigenvalue weighted by molar-refractivity contribution is 5.87. The molecule has 0 aliphatic rings. The van der Waals surface area contributed by atoms with Crippen molar-refractivity contribution in [2.24, 2.45) is 11.8 Å². The summed E-state index contributed by atoms with van der Waals surface area (Å²) in [5.41, 5.74) is 0.567. The summed E-state index contributed by atoms with van der Waals surface area (Å²) in [6.07, 6.45) is 3.76. The predicted molar refractivity (Wildman–Crippen MR) is 54.6 cm³/mol. The summed E-state index contributed by atoms with van der Waals surface area (Å²) in [4.78, 5) is 10.9. The number of hydrogen-bond acceptors (Lipinski definition) is 1. The van der Waals surface area contributed by atoms with Gasteiger partial charge in [-0.1, -0.05) is 40.2 Å². The topological polar surface area (TPSA) is 37.3 Å². The highest BCUT2D eigenvalue weighted by atomic mass is 16.4. The fraction of sp³-hybridized carbons (Fsp3) is 0.727. The molecule has 0 radical (unpaired) electrons. The number of carbonyl (C=O) groups is 1. The molecule has 0 saturated carbocycles. The zero-order chi connectivity index (χ0) is 10.4. The highest BCUT2D eigenvalue weighted by Crippen LogP contribution is 2.18. The zero-order valence-corrected chi connectivity index (χ0v) is 9.00.